The number of aryl methyl sites for hydroxylation is 2. The van der Waals surface area contributed by atoms with Crippen LogP contribution >= 0.6 is 0 Å². The van der Waals surface area contributed by atoms with E-state index in [0.717, 1.165) is 17.9 Å². The molecule has 0 unspecified atom stereocenters. The SMILES string of the molecule is COc1cc(C)c(CNCC(C)(C)C#N)cc1C. The predicted octanol–water partition coefficient (Wildman–Crippen LogP) is 2.95. The van der Waals surface area contributed by atoms with E-state index in [1.165, 1.54) is 11.1 Å². The van der Waals surface area contributed by atoms with E-state index in [4.69, 9.17) is 10.00 Å². The molecule has 0 saturated carbocycles. The smallest absolute Gasteiger partial charge is 0.122 e. The minimum atomic E-state index is -0.324. The largest absolute Gasteiger partial charge is 0.496 e. The molecule has 0 amide bonds. The number of nitrogens with zero attached hydrogens (tertiary/aromatic N) is 1. The van der Waals surface area contributed by atoms with Crippen molar-refractivity contribution in [1.29, 1.82) is 5.26 Å². The van der Waals surface area contributed by atoms with Gasteiger partial charge in [0.05, 0.1) is 18.6 Å². The maximum Gasteiger partial charge on any atom is 0.122 e. The first-order valence-corrected chi connectivity index (χ1v) is 6.15. The van der Waals surface area contributed by atoms with Crippen LogP contribution in [0.15, 0.2) is 12.1 Å². The van der Waals surface area contributed by atoms with Crippen LogP contribution in [0.1, 0.15) is 30.5 Å². The van der Waals surface area contributed by atoms with Crippen LogP contribution in [0.4, 0.5) is 0 Å². The first-order valence-electron chi connectivity index (χ1n) is 6.15. The van der Waals surface area contributed by atoms with Gasteiger partial charge in [-0.05, 0) is 50.5 Å². The third kappa shape index (κ3) is 3.75. The van der Waals surface area contributed by atoms with Gasteiger partial charge in [0, 0.05) is 13.1 Å². The monoisotopic (exact) mass is 246 g/mol. The average molecular weight is 246 g/mol. The van der Waals surface area contributed by atoms with Crippen molar-refractivity contribution in [2.24, 2.45) is 5.41 Å². The summed E-state index contributed by atoms with van der Waals surface area (Å²) in [4.78, 5) is 0. The summed E-state index contributed by atoms with van der Waals surface area (Å²) in [6.45, 7) is 9.46. The van der Waals surface area contributed by atoms with Crippen molar-refractivity contribution in [3.63, 3.8) is 0 Å². The molecule has 18 heavy (non-hydrogen) atoms. The number of nitrogens with one attached hydrogen (secondary N) is 1. The van der Waals surface area contributed by atoms with E-state index in [0.29, 0.717) is 6.54 Å². The third-order valence-corrected chi connectivity index (χ3v) is 3.04. The number of hydrogen-bond acceptors (Lipinski definition) is 3. The summed E-state index contributed by atoms with van der Waals surface area (Å²) in [5.41, 5.74) is 3.27. The minimum Gasteiger partial charge on any atom is -0.496 e. The van der Waals surface area contributed by atoms with Gasteiger partial charge in [0.1, 0.15) is 5.75 Å². The molecule has 0 atom stereocenters. The molecule has 1 N–H and O–H groups in total. The Hall–Kier alpha value is -1.53. The van der Waals surface area contributed by atoms with Gasteiger partial charge in [0.25, 0.3) is 0 Å². The van der Waals surface area contributed by atoms with Gasteiger partial charge in [-0.25, -0.2) is 0 Å². The molecule has 1 rings (SSSR count). The molecule has 0 heterocycles. The standard InChI is InChI=1S/C15H22N2O/c1-11-7-14(18-5)12(2)6-13(11)8-17-10-15(3,4)9-16/h6-7,17H,8,10H2,1-5H3. The topological polar surface area (TPSA) is 45.0 Å². The Kier molecular flexibility index (Phi) is 4.75. The molecule has 0 saturated heterocycles. The molecule has 0 bridgehead atoms. The van der Waals surface area contributed by atoms with E-state index in [1.54, 1.807) is 7.11 Å². The molecular weight excluding hydrogens is 224 g/mol. The van der Waals surface area contributed by atoms with Gasteiger partial charge in [-0.2, -0.15) is 5.26 Å². The van der Waals surface area contributed by atoms with Gasteiger partial charge in [-0.1, -0.05) is 6.07 Å². The highest BCUT2D eigenvalue weighted by molar-refractivity contribution is 5.41. The Bertz CT molecular complexity index is 458. The quantitative estimate of drug-likeness (QED) is 0.868. The number of ether oxygens (including phenoxy) is 1. The second-order valence-corrected chi connectivity index (χ2v) is 5.35. The van der Waals surface area contributed by atoms with Crippen LogP contribution < -0.4 is 10.1 Å². The number of methoxy groups -OCH3 is 1. The Balaban J connectivity index is 2.69. The molecule has 1 aromatic rings. The summed E-state index contributed by atoms with van der Waals surface area (Å²) in [5.74, 6) is 0.925. The van der Waals surface area contributed by atoms with Crippen LogP contribution in [0.25, 0.3) is 0 Å². The maximum absolute atomic E-state index is 8.95. The van der Waals surface area contributed by atoms with E-state index in [2.05, 4.69) is 30.4 Å². The fourth-order valence-corrected chi connectivity index (χ4v) is 1.81. The highest BCUT2D eigenvalue weighted by atomic mass is 16.5. The van der Waals surface area contributed by atoms with Crippen molar-refractivity contribution in [1.82, 2.24) is 5.32 Å². The van der Waals surface area contributed by atoms with Crippen LogP contribution in [0.5, 0.6) is 5.75 Å². The zero-order valence-corrected chi connectivity index (χ0v) is 11.9. The lowest BCUT2D eigenvalue weighted by molar-refractivity contribution is 0.410. The van der Waals surface area contributed by atoms with Gasteiger partial charge in [-0.3, -0.25) is 0 Å². The van der Waals surface area contributed by atoms with Crippen LogP contribution in [-0.2, 0) is 6.54 Å². The predicted molar refractivity (Wildman–Crippen MR) is 73.6 cm³/mol. The molecule has 3 nitrogen and oxygen atoms in total. The van der Waals surface area contributed by atoms with E-state index < -0.39 is 0 Å². The Labute approximate surface area is 110 Å². The van der Waals surface area contributed by atoms with Crippen molar-refractivity contribution in [2.75, 3.05) is 13.7 Å². The van der Waals surface area contributed by atoms with Crippen LogP contribution in [-0.4, -0.2) is 13.7 Å². The lowest BCUT2D eigenvalue weighted by Crippen LogP contribution is -2.27. The lowest BCUT2D eigenvalue weighted by Gasteiger charge is -2.17. The van der Waals surface area contributed by atoms with Crippen molar-refractivity contribution in [3.05, 3.63) is 28.8 Å². The summed E-state index contributed by atoms with van der Waals surface area (Å²) >= 11 is 0. The van der Waals surface area contributed by atoms with Gasteiger partial charge in [0.2, 0.25) is 0 Å². The van der Waals surface area contributed by atoms with Gasteiger partial charge in [-0.15, -0.1) is 0 Å². The molecule has 1 aromatic carbocycles. The molecule has 0 aromatic heterocycles. The minimum absolute atomic E-state index is 0.324. The second-order valence-electron chi connectivity index (χ2n) is 5.35. The molecule has 98 valence electrons. The van der Waals surface area contributed by atoms with Crippen LogP contribution in [0.3, 0.4) is 0 Å². The highest BCUT2D eigenvalue weighted by Gasteiger charge is 2.15. The first-order chi connectivity index (χ1) is 8.39. The van der Waals surface area contributed by atoms with Gasteiger partial charge >= 0.3 is 0 Å². The zero-order chi connectivity index (χ0) is 13.8. The summed E-state index contributed by atoms with van der Waals surface area (Å²) in [6.07, 6.45) is 0. The van der Waals surface area contributed by atoms with E-state index in [9.17, 15) is 0 Å². The van der Waals surface area contributed by atoms with Crippen LogP contribution in [0, 0.1) is 30.6 Å². The first kappa shape index (κ1) is 14.5. The van der Waals surface area contributed by atoms with E-state index in [-0.39, 0.29) is 5.41 Å². The summed E-state index contributed by atoms with van der Waals surface area (Å²) in [6, 6.07) is 6.49. The fourth-order valence-electron chi connectivity index (χ4n) is 1.81. The summed E-state index contributed by atoms with van der Waals surface area (Å²) < 4.78 is 5.29. The summed E-state index contributed by atoms with van der Waals surface area (Å²) in [7, 11) is 1.69. The lowest BCUT2D eigenvalue weighted by atomic mass is 9.96. The van der Waals surface area contributed by atoms with Crippen LogP contribution in [0.2, 0.25) is 0 Å². The maximum atomic E-state index is 8.95. The molecule has 0 fully saturated rings. The molecule has 0 aliphatic rings. The Morgan fingerprint density at radius 2 is 1.94 bits per heavy atom. The van der Waals surface area contributed by atoms with E-state index >= 15 is 0 Å². The van der Waals surface area contributed by atoms with Crippen molar-refractivity contribution in [3.8, 4) is 11.8 Å². The number of benzene rings is 1. The van der Waals surface area contributed by atoms with Crippen molar-refractivity contribution >= 4 is 0 Å². The van der Waals surface area contributed by atoms with Gasteiger partial charge < -0.3 is 10.1 Å². The molecule has 3 heteroatoms. The van der Waals surface area contributed by atoms with Crippen molar-refractivity contribution < 1.29 is 4.74 Å². The Morgan fingerprint density at radius 3 is 2.50 bits per heavy atom. The molecule has 0 aliphatic heterocycles. The Morgan fingerprint density at radius 1 is 1.28 bits per heavy atom. The van der Waals surface area contributed by atoms with Gasteiger partial charge in [0.15, 0.2) is 0 Å². The second kappa shape index (κ2) is 5.88. The third-order valence-electron chi connectivity index (χ3n) is 3.04. The molecule has 0 spiro atoms. The van der Waals surface area contributed by atoms with Crippen molar-refractivity contribution in [2.45, 2.75) is 34.2 Å². The molecular formula is C15H22N2O. The molecule has 0 aliphatic carbocycles. The normalized spacial score (nSPS) is 11.1. The van der Waals surface area contributed by atoms with E-state index in [1.807, 2.05) is 20.8 Å². The number of rotatable bonds is 5. The fraction of sp³-hybridized carbons (Fsp3) is 0.533. The highest BCUT2D eigenvalue weighted by Crippen LogP contribution is 2.22. The number of nitriles is 1. The summed E-state index contributed by atoms with van der Waals surface area (Å²) in [5, 5.41) is 12.3. The molecule has 0 radical (unpaired) electrons. The zero-order valence-electron chi connectivity index (χ0n) is 11.9. The number of hydrogen-bond donors (Lipinski definition) is 1. The average Bonchev–Trinajstić information content (AvgIpc) is 2.33.